The van der Waals surface area contributed by atoms with Crippen LogP contribution in [0.1, 0.15) is 26.2 Å². The van der Waals surface area contributed by atoms with Crippen molar-refractivity contribution in [3.8, 4) is 5.75 Å². The highest BCUT2D eigenvalue weighted by Gasteiger charge is 2.11. The number of benzene rings is 1. The van der Waals surface area contributed by atoms with Crippen LogP contribution < -0.4 is 15.4 Å². The van der Waals surface area contributed by atoms with Gasteiger partial charge < -0.3 is 15.4 Å². The quantitative estimate of drug-likeness (QED) is 0.333. The van der Waals surface area contributed by atoms with Crippen molar-refractivity contribution >= 4 is 29.9 Å². The molecule has 1 aromatic heterocycles. The molecule has 2 N–H and O–H groups in total. The summed E-state index contributed by atoms with van der Waals surface area (Å²) in [6.45, 7) is 2.15. The Morgan fingerprint density at radius 1 is 1.26 bits per heavy atom. The van der Waals surface area contributed by atoms with Gasteiger partial charge >= 0.3 is 6.55 Å². The number of nitrogens with zero attached hydrogens (tertiary/aromatic N) is 3. The first-order valence-electron chi connectivity index (χ1n) is 8.23. The van der Waals surface area contributed by atoms with Crippen molar-refractivity contribution in [2.24, 2.45) is 4.99 Å². The van der Waals surface area contributed by atoms with Crippen LogP contribution in [0.3, 0.4) is 0 Å². The standard InChI is InChI=1S/C17H22F3N5O.HI/c1-3-21-17(24-11-15-22-8-9-25(15)16(19)20)23-10-12(2)26-14-6-4-13(18)5-7-14;/h4-9,12,16H,3,10-11H2,1-2H3,(H2,21,23,24);1H. The summed E-state index contributed by atoms with van der Waals surface area (Å²) in [5, 5.41) is 6.11. The second kappa shape index (κ2) is 11.7. The fraction of sp³-hybridized carbons (Fsp3) is 0.412. The van der Waals surface area contributed by atoms with Crippen LogP contribution in [-0.2, 0) is 6.54 Å². The smallest absolute Gasteiger partial charge is 0.319 e. The Labute approximate surface area is 173 Å². The van der Waals surface area contributed by atoms with E-state index in [0.717, 1.165) is 4.57 Å². The first kappa shape index (κ1) is 23.1. The van der Waals surface area contributed by atoms with Gasteiger partial charge in [0.1, 0.15) is 30.0 Å². The molecule has 2 aromatic rings. The highest BCUT2D eigenvalue weighted by Crippen LogP contribution is 2.13. The average molecular weight is 497 g/mol. The third-order valence-electron chi connectivity index (χ3n) is 3.39. The molecular formula is C17H23F3IN5O. The molecule has 0 saturated heterocycles. The Morgan fingerprint density at radius 3 is 2.59 bits per heavy atom. The number of hydrogen-bond donors (Lipinski definition) is 2. The van der Waals surface area contributed by atoms with E-state index in [4.69, 9.17) is 4.74 Å². The van der Waals surface area contributed by atoms with Crippen LogP contribution in [0, 0.1) is 5.82 Å². The molecule has 0 saturated carbocycles. The van der Waals surface area contributed by atoms with E-state index in [-0.39, 0.29) is 48.3 Å². The van der Waals surface area contributed by atoms with Gasteiger partial charge in [0.25, 0.3) is 0 Å². The summed E-state index contributed by atoms with van der Waals surface area (Å²) in [6, 6.07) is 5.75. The highest BCUT2D eigenvalue weighted by atomic mass is 127. The van der Waals surface area contributed by atoms with E-state index in [1.54, 1.807) is 12.1 Å². The average Bonchev–Trinajstić information content (AvgIpc) is 3.08. The first-order chi connectivity index (χ1) is 12.5. The lowest BCUT2D eigenvalue weighted by Crippen LogP contribution is -2.41. The van der Waals surface area contributed by atoms with Crippen molar-refractivity contribution < 1.29 is 17.9 Å². The Morgan fingerprint density at radius 2 is 1.96 bits per heavy atom. The third-order valence-corrected chi connectivity index (χ3v) is 3.39. The van der Waals surface area contributed by atoms with E-state index < -0.39 is 6.55 Å². The van der Waals surface area contributed by atoms with E-state index >= 15 is 0 Å². The van der Waals surface area contributed by atoms with Gasteiger partial charge in [-0.25, -0.2) is 14.4 Å². The summed E-state index contributed by atoms with van der Waals surface area (Å²) in [7, 11) is 0. The zero-order valence-corrected chi connectivity index (χ0v) is 17.4. The molecule has 10 heteroatoms. The molecular weight excluding hydrogens is 474 g/mol. The van der Waals surface area contributed by atoms with Crippen molar-refractivity contribution in [2.75, 3.05) is 13.1 Å². The van der Waals surface area contributed by atoms with Crippen LogP contribution in [0.5, 0.6) is 5.75 Å². The van der Waals surface area contributed by atoms with Gasteiger partial charge in [0.05, 0.1) is 6.54 Å². The molecule has 6 nitrogen and oxygen atoms in total. The molecule has 0 fully saturated rings. The van der Waals surface area contributed by atoms with Crippen molar-refractivity contribution in [2.45, 2.75) is 33.0 Å². The Kier molecular flexibility index (Phi) is 9.97. The fourth-order valence-electron chi connectivity index (χ4n) is 2.16. The predicted molar refractivity (Wildman–Crippen MR) is 108 cm³/mol. The number of rotatable bonds is 8. The maximum Gasteiger partial charge on any atom is 0.319 e. The number of guanidine groups is 1. The summed E-state index contributed by atoms with van der Waals surface area (Å²) >= 11 is 0. The largest absolute Gasteiger partial charge is 0.489 e. The van der Waals surface area contributed by atoms with Crippen molar-refractivity contribution in [3.63, 3.8) is 0 Å². The lowest BCUT2D eigenvalue weighted by atomic mass is 10.3. The van der Waals surface area contributed by atoms with Gasteiger partial charge in [0.2, 0.25) is 0 Å². The number of nitrogens with one attached hydrogen (secondary N) is 2. The SMILES string of the molecule is CCNC(=NCc1nccn1C(F)F)NCC(C)Oc1ccc(F)cc1.I. The molecule has 1 heterocycles. The van der Waals surface area contributed by atoms with Crippen molar-refractivity contribution in [1.29, 1.82) is 0 Å². The van der Waals surface area contributed by atoms with Gasteiger partial charge in [0.15, 0.2) is 5.96 Å². The van der Waals surface area contributed by atoms with E-state index in [0.29, 0.717) is 24.8 Å². The number of aliphatic imine (C=N–C) groups is 1. The molecule has 0 amide bonds. The molecule has 0 aliphatic carbocycles. The third kappa shape index (κ3) is 7.65. The van der Waals surface area contributed by atoms with Gasteiger partial charge in [0, 0.05) is 18.9 Å². The summed E-state index contributed by atoms with van der Waals surface area (Å²) in [5.74, 6) is 0.868. The van der Waals surface area contributed by atoms with Crippen LogP contribution in [-0.4, -0.2) is 34.7 Å². The molecule has 0 radical (unpaired) electrons. The number of hydrogen-bond acceptors (Lipinski definition) is 3. The zero-order valence-electron chi connectivity index (χ0n) is 15.0. The molecule has 0 aliphatic heterocycles. The molecule has 1 aromatic carbocycles. The molecule has 1 atom stereocenters. The summed E-state index contributed by atoms with van der Waals surface area (Å²) in [4.78, 5) is 8.15. The van der Waals surface area contributed by atoms with Crippen LogP contribution in [0.4, 0.5) is 13.2 Å². The number of alkyl halides is 2. The Bertz CT molecular complexity index is 709. The van der Waals surface area contributed by atoms with E-state index in [1.807, 2.05) is 13.8 Å². The number of halogens is 4. The normalized spacial score (nSPS) is 12.4. The van der Waals surface area contributed by atoms with Gasteiger partial charge in [-0.05, 0) is 38.1 Å². The van der Waals surface area contributed by atoms with Gasteiger partial charge in [-0.2, -0.15) is 8.78 Å². The minimum Gasteiger partial charge on any atom is -0.489 e. The number of imidazole rings is 1. The van der Waals surface area contributed by atoms with Crippen molar-refractivity contribution in [1.82, 2.24) is 20.2 Å². The molecule has 2 rings (SSSR count). The van der Waals surface area contributed by atoms with E-state index in [2.05, 4.69) is 20.6 Å². The highest BCUT2D eigenvalue weighted by molar-refractivity contribution is 14.0. The van der Waals surface area contributed by atoms with E-state index in [9.17, 15) is 13.2 Å². The maximum atomic E-state index is 12.9. The van der Waals surface area contributed by atoms with Gasteiger partial charge in [-0.15, -0.1) is 24.0 Å². The van der Waals surface area contributed by atoms with Crippen LogP contribution in [0.25, 0.3) is 0 Å². The lowest BCUT2D eigenvalue weighted by Gasteiger charge is -2.17. The molecule has 0 spiro atoms. The lowest BCUT2D eigenvalue weighted by molar-refractivity contribution is 0.0671. The van der Waals surface area contributed by atoms with Crippen LogP contribution in [0.2, 0.25) is 0 Å². The van der Waals surface area contributed by atoms with Crippen LogP contribution >= 0.6 is 24.0 Å². The monoisotopic (exact) mass is 497 g/mol. The minimum atomic E-state index is -2.65. The Hall–Kier alpha value is -1.98. The summed E-state index contributed by atoms with van der Waals surface area (Å²) in [6.07, 6.45) is 2.32. The van der Waals surface area contributed by atoms with Gasteiger partial charge in [-0.3, -0.25) is 4.57 Å². The number of aromatic nitrogens is 2. The molecule has 0 aliphatic rings. The Balaban J connectivity index is 0.00000364. The summed E-state index contributed by atoms with van der Waals surface area (Å²) < 4.78 is 45.0. The molecule has 27 heavy (non-hydrogen) atoms. The second-order valence-electron chi connectivity index (χ2n) is 5.49. The fourth-order valence-corrected chi connectivity index (χ4v) is 2.16. The predicted octanol–water partition coefficient (Wildman–Crippen LogP) is 3.56. The molecule has 150 valence electrons. The number of ether oxygens (including phenoxy) is 1. The minimum absolute atomic E-state index is 0. The van der Waals surface area contributed by atoms with Gasteiger partial charge in [-0.1, -0.05) is 0 Å². The van der Waals surface area contributed by atoms with Crippen molar-refractivity contribution in [3.05, 3.63) is 48.3 Å². The zero-order chi connectivity index (χ0) is 18.9. The van der Waals surface area contributed by atoms with E-state index in [1.165, 1.54) is 24.5 Å². The van der Waals surface area contributed by atoms with Crippen LogP contribution in [0.15, 0.2) is 41.7 Å². The maximum absolute atomic E-state index is 12.9. The topological polar surface area (TPSA) is 63.5 Å². The second-order valence-corrected chi connectivity index (χ2v) is 5.49. The molecule has 0 bridgehead atoms. The summed E-state index contributed by atoms with van der Waals surface area (Å²) in [5.41, 5.74) is 0. The first-order valence-corrected chi connectivity index (χ1v) is 8.23. The molecule has 1 unspecified atom stereocenters.